The summed E-state index contributed by atoms with van der Waals surface area (Å²) in [4.78, 5) is 8.02. The van der Waals surface area contributed by atoms with Crippen molar-refractivity contribution in [3.63, 3.8) is 0 Å². The van der Waals surface area contributed by atoms with E-state index in [1.54, 1.807) is 6.92 Å². The monoisotopic (exact) mass is 181 g/mol. The summed E-state index contributed by atoms with van der Waals surface area (Å²) >= 11 is 0. The third kappa shape index (κ3) is 2.66. The quantitative estimate of drug-likeness (QED) is 0.717. The maximum atomic E-state index is 9.41. The van der Waals surface area contributed by atoms with Crippen molar-refractivity contribution in [2.45, 2.75) is 20.3 Å². The molecule has 72 valence electrons. The van der Waals surface area contributed by atoms with Crippen LogP contribution < -0.4 is 5.73 Å². The van der Waals surface area contributed by atoms with Crippen LogP contribution in [0.4, 0.5) is 0 Å². The molecule has 4 heteroatoms. The predicted molar refractivity (Wildman–Crippen MR) is 50.4 cm³/mol. The van der Waals surface area contributed by atoms with Gasteiger partial charge in [-0.1, -0.05) is 6.92 Å². The molecule has 1 atom stereocenters. The maximum absolute atomic E-state index is 9.41. The molecule has 1 aromatic heterocycles. The fourth-order valence-corrected chi connectivity index (χ4v) is 1.07. The number of aryl methyl sites for hydroxylation is 1. The minimum Gasteiger partial charge on any atom is -0.504 e. The van der Waals surface area contributed by atoms with Gasteiger partial charge >= 0.3 is 0 Å². The number of aromatic hydroxyl groups is 1. The van der Waals surface area contributed by atoms with Crippen LogP contribution in [0.2, 0.25) is 0 Å². The van der Waals surface area contributed by atoms with Crippen LogP contribution in [0.3, 0.4) is 0 Å². The first kappa shape index (κ1) is 9.92. The van der Waals surface area contributed by atoms with Crippen LogP contribution in [0.1, 0.15) is 18.4 Å². The van der Waals surface area contributed by atoms with Gasteiger partial charge < -0.3 is 10.8 Å². The molecule has 0 aliphatic carbocycles. The molecule has 1 rings (SSSR count). The molecule has 1 unspecified atom stereocenters. The average Bonchev–Trinajstić information content (AvgIpc) is 2.11. The van der Waals surface area contributed by atoms with Crippen molar-refractivity contribution in [1.29, 1.82) is 0 Å². The summed E-state index contributed by atoms with van der Waals surface area (Å²) in [6.45, 7) is 4.43. The molecule has 0 amide bonds. The molecule has 4 nitrogen and oxygen atoms in total. The molecule has 13 heavy (non-hydrogen) atoms. The highest BCUT2D eigenvalue weighted by Gasteiger charge is 2.08. The lowest BCUT2D eigenvalue weighted by atomic mass is 10.1. The molecule has 0 aliphatic heterocycles. The third-order valence-electron chi connectivity index (χ3n) is 1.91. The first-order valence-electron chi connectivity index (χ1n) is 4.35. The summed E-state index contributed by atoms with van der Waals surface area (Å²) in [5, 5.41) is 9.41. The molecular formula is C9H15N3O. The van der Waals surface area contributed by atoms with Crippen molar-refractivity contribution < 1.29 is 5.11 Å². The number of hydrogen-bond donors (Lipinski definition) is 2. The molecule has 1 heterocycles. The van der Waals surface area contributed by atoms with Crippen LogP contribution in [0.15, 0.2) is 6.20 Å². The van der Waals surface area contributed by atoms with E-state index in [0.717, 1.165) is 0 Å². The van der Waals surface area contributed by atoms with E-state index in [1.165, 1.54) is 6.20 Å². The van der Waals surface area contributed by atoms with Crippen molar-refractivity contribution in [3.05, 3.63) is 17.7 Å². The summed E-state index contributed by atoms with van der Waals surface area (Å²) < 4.78 is 0. The summed E-state index contributed by atoms with van der Waals surface area (Å²) in [7, 11) is 0. The van der Waals surface area contributed by atoms with Crippen LogP contribution in [-0.2, 0) is 6.42 Å². The van der Waals surface area contributed by atoms with Crippen LogP contribution in [-0.4, -0.2) is 21.6 Å². The van der Waals surface area contributed by atoms with Crippen LogP contribution >= 0.6 is 0 Å². The summed E-state index contributed by atoms with van der Waals surface area (Å²) in [6, 6.07) is 0. The number of rotatable bonds is 3. The lowest BCUT2D eigenvalue weighted by Crippen LogP contribution is -2.14. The summed E-state index contributed by atoms with van der Waals surface area (Å²) in [5.41, 5.74) is 6.17. The number of aromatic nitrogens is 2. The van der Waals surface area contributed by atoms with E-state index in [4.69, 9.17) is 5.73 Å². The molecule has 0 aromatic carbocycles. The van der Waals surface area contributed by atoms with Crippen molar-refractivity contribution in [3.8, 4) is 5.75 Å². The second-order valence-corrected chi connectivity index (χ2v) is 3.29. The molecule has 0 radical (unpaired) electrons. The fourth-order valence-electron chi connectivity index (χ4n) is 1.07. The zero-order chi connectivity index (χ0) is 9.84. The first-order valence-corrected chi connectivity index (χ1v) is 4.35. The van der Waals surface area contributed by atoms with Crippen molar-refractivity contribution in [1.82, 2.24) is 9.97 Å². The molecule has 3 N–H and O–H groups in total. The summed E-state index contributed by atoms with van der Waals surface area (Å²) in [6.07, 6.45) is 2.13. The number of nitrogens with zero attached hydrogens (tertiary/aromatic N) is 2. The zero-order valence-electron chi connectivity index (χ0n) is 7.99. The second-order valence-electron chi connectivity index (χ2n) is 3.29. The topological polar surface area (TPSA) is 72.0 Å². The predicted octanol–water partition coefficient (Wildman–Crippen LogP) is 0.628. The highest BCUT2D eigenvalue weighted by Crippen LogP contribution is 2.16. The smallest absolute Gasteiger partial charge is 0.155 e. The molecule has 0 bridgehead atoms. The Balaban J connectivity index is 2.81. The molecule has 0 aliphatic rings. The molecule has 0 saturated carbocycles. The normalized spacial score (nSPS) is 12.8. The first-order chi connectivity index (χ1) is 6.13. The molecule has 0 saturated heterocycles. The van der Waals surface area contributed by atoms with Gasteiger partial charge in [0.05, 0.1) is 11.9 Å². The Labute approximate surface area is 77.8 Å². The molecule has 0 spiro atoms. The lowest BCUT2D eigenvalue weighted by molar-refractivity contribution is 0.450. The lowest BCUT2D eigenvalue weighted by Gasteiger charge is -2.08. The van der Waals surface area contributed by atoms with Gasteiger partial charge in [0.1, 0.15) is 5.82 Å². The van der Waals surface area contributed by atoms with Gasteiger partial charge in [-0.2, -0.15) is 0 Å². The van der Waals surface area contributed by atoms with Crippen molar-refractivity contribution in [2.24, 2.45) is 11.7 Å². The van der Waals surface area contributed by atoms with E-state index in [9.17, 15) is 5.11 Å². The van der Waals surface area contributed by atoms with Gasteiger partial charge in [-0.3, -0.25) is 0 Å². The Morgan fingerprint density at radius 2 is 2.31 bits per heavy atom. The summed E-state index contributed by atoms with van der Waals surface area (Å²) in [5.74, 6) is 1.17. The maximum Gasteiger partial charge on any atom is 0.155 e. The van der Waals surface area contributed by atoms with Gasteiger partial charge in [-0.25, -0.2) is 9.97 Å². The fraction of sp³-hybridized carbons (Fsp3) is 0.556. The molecule has 1 aromatic rings. The van der Waals surface area contributed by atoms with Gasteiger partial charge in [0.15, 0.2) is 5.75 Å². The Kier molecular flexibility index (Phi) is 3.19. The van der Waals surface area contributed by atoms with Crippen LogP contribution in [0, 0.1) is 12.8 Å². The van der Waals surface area contributed by atoms with E-state index in [-0.39, 0.29) is 5.75 Å². The van der Waals surface area contributed by atoms with E-state index < -0.39 is 0 Å². The highest BCUT2D eigenvalue weighted by molar-refractivity contribution is 5.23. The van der Waals surface area contributed by atoms with E-state index in [2.05, 4.69) is 9.97 Å². The van der Waals surface area contributed by atoms with Crippen LogP contribution in [0.25, 0.3) is 0 Å². The number of hydrogen-bond acceptors (Lipinski definition) is 4. The van der Waals surface area contributed by atoms with Crippen molar-refractivity contribution >= 4 is 0 Å². The minimum absolute atomic E-state index is 0.158. The third-order valence-corrected chi connectivity index (χ3v) is 1.91. The Bertz CT molecular complexity index is 288. The van der Waals surface area contributed by atoms with Gasteiger partial charge in [0, 0.05) is 0 Å². The van der Waals surface area contributed by atoms with Crippen LogP contribution in [0.5, 0.6) is 5.75 Å². The van der Waals surface area contributed by atoms with Gasteiger partial charge in [0.25, 0.3) is 0 Å². The SMILES string of the molecule is Cc1ncc(O)c(CC(C)CN)n1. The minimum atomic E-state index is 0.158. The van der Waals surface area contributed by atoms with E-state index in [0.29, 0.717) is 30.4 Å². The van der Waals surface area contributed by atoms with E-state index >= 15 is 0 Å². The van der Waals surface area contributed by atoms with E-state index in [1.807, 2.05) is 6.92 Å². The zero-order valence-corrected chi connectivity index (χ0v) is 7.99. The molecule has 0 fully saturated rings. The standard InChI is InChI=1S/C9H15N3O/c1-6(4-10)3-8-9(13)5-11-7(2)12-8/h5-6,13H,3-4,10H2,1-2H3. The van der Waals surface area contributed by atoms with Gasteiger partial charge in [-0.05, 0) is 25.8 Å². The Morgan fingerprint density at radius 1 is 1.62 bits per heavy atom. The van der Waals surface area contributed by atoms with Gasteiger partial charge in [0.2, 0.25) is 0 Å². The average molecular weight is 181 g/mol. The second kappa shape index (κ2) is 4.18. The largest absolute Gasteiger partial charge is 0.504 e. The number of nitrogens with two attached hydrogens (primary N) is 1. The highest BCUT2D eigenvalue weighted by atomic mass is 16.3. The van der Waals surface area contributed by atoms with Gasteiger partial charge in [-0.15, -0.1) is 0 Å². The van der Waals surface area contributed by atoms with Crippen molar-refractivity contribution in [2.75, 3.05) is 6.54 Å². The Hall–Kier alpha value is -1.16. The Morgan fingerprint density at radius 3 is 2.92 bits per heavy atom. The molecular weight excluding hydrogens is 166 g/mol.